The van der Waals surface area contributed by atoms with Gasteiger partial charge in [0.1, 0.15) is 4.32 Å². The smallest absolute Gasteiger partial charge is 0.233 e. The van der Waals surface area contributed by atoms with Gasteiger partial charge in [0, 0.05) is 30.1 Å². The molecule has 0 bridgehead atoms. The van der Waals surface area contributed by atoms with E-state index in [1.54, 1.807) is 11.8 Å². The highest BCUT2D eigenvalue weighted by atomic mass is 35.5. The first kappa shape index (κ1) is 19.0. The van der Waals surface area contributed by atoms with Crippen LogP contribution in [0, 0.1) is 11.8 Å². The second-order valence-corrected chi connectivity index (χ2v) is 8.63. The molecule has 2 rings (SSSR count). The molecular formula is C16H25ClN2O2S2. The topological polar surface area (TPSA) is 49.4 Å². The third-order valence-corrected chi connectivity index (χ3v) is 6.40. The van der Waals surface area contributed by atoms with Crippen molar-refractivity contribution in [2.45, 2.75) is 58.0 Å². The van der Waals surface area contributed by atoms with E-state index in [4.69, 9.17) is 23.8 Å². The van der Waals surface area contributed by atoms with Crippen molar-refractivity contribution in [3.05, 3.63) is 0 Å². The Morgan fingerprint density at radius 3 is 2.87 bits per heavy atom. The van der Waals surface area contributed by atoms with E-state index in [-0.39, 0.29) is 29.8 Å². The van der Waals surface area contributed by atoms with E-state index in [1.165, 1.54) is 0 Å². The number of piperidine rings is 1. The van der Waals surface area contributed by atoms with Crippen molar-refractivity contribution in [3.63, 3.8) is 0 Å². The number of carbonyl (C=O) groups is 2. The lowest BCUT2D eigenvalue weighted by Crippen LogP contribution is -2.52. The van der Waals surface area contributed by atoms with Crippen LogP contribution in [0.1, 0.15) is 46.0 Å². The van der Waals surface area contributed by atoms with Crippen LogP contribution in [0.25, 0.3) is 0 Å². The maximum absolute atomic E-state index is 13.2. The van der Waals surface area contributed by atoms with Crippen molar-refractivity contribution in [1.82, 2.24) is 10.2 Å². The van der Waals surface area contributed by atoms with Gasteiger partial charge in [0.2, 0.25) is 11.8 Å². The summed E-state index contributed by atoms with van der Waals surface area (Å²) in [6.45, 7) is 4.24. The highest BCUT2D eigenvalue weighted by molar-refractivity contribution is 8.23. The number of amides is 2. The summed E-state index contributed by atoms with van der Waals surface area (Å²) in [5.41, 5.74) is 0. The monoisotopic (exact) mass is 376 g/mol. The Kier molecular flexibility index (Phi) is 7.17. The summed E-state index contributed by atoms with van der Waals surface area (Å²) in [5.74, 6) is 1.64. The predicted molar refractivity (Wildman–Crippen MR) is 99.8 cm³/mol. The Morgan fingerprint density at radius 2 is 2.26 bits per heavy atom. The van der Waals surface area contributed by atoms with E-state index in [1.807, 2.05) is 4.90 Å². The van der Waals surface area contributed by atoms with Crippen LogP contribution in [-0.4, -0.2) is 44.8 Å². The van der Waals surface area contributed by atoms with E-state index in [9.17, 15) is 9.59 Å². The molecule has 0 radical (unpaired) electrons. The lowest BCUT2D eigenvalue weighted by atomic mass is 9.87. The van der Waals surface area contributed by atoms with E-state index in [0.717, 1.165) is 25.0 Å². The van der Waals surface area contributed by atoms with Gasteiger partial charge in [0.25, 0.3) is 0 Å². The maximum Gasteiger partial charge on any atom is 0.233 e. The molecule has 1 N–H and O–H groups in total. The average Bonchev–Trinajstić information content (AvgIpc) is 2.89. The molecule has 23 heavy (non-hydrogen) atoms. The first-order valence-corrected chi connectivity index (χ1v) is 10.2. The number of alkyl halides is 1. The van der Waals surface area contributed by atoms with Gasteiger partial charge < -0.3 is 5.32 Å². The fraction of sp³-hybridized carbons (Fsp3) is 0.812. The molecule has 2 aliphatic heterocycles. The van der Waals surface area contributed by atoms with Gasteiger partial charge >= 0.3 is 0 Å². The molecular weight excluding hydrogens is 352 g/mol. The van der Waals surface area contributed by atoms with Gasteiger partial charge in [-0.25, -0.2) is 0 Å². The zero-order valence-corrected chi connectivity index (χ0v) is 16.1. The molecule has 0 aromatic rings. The summed E-state index contributed by atoms with van der Waals surface area (Å²) < 4.78 is 0.673. The van der Waals surface area contributed by atoms with E-state index >= 15 is 0 Å². The highest BCUT2D eigenvalue weighted by Crippen LogP contribution is 2.33. The van der Waals surface area contributed by atoms with Crippen LogP contribution < -0.4 is 5.32 Å². The summed E-state index contributed by atoms with van der Waals surface area (Å²) in [5, 5.41) is 3.01. The lowest BCUT2D eigenvalue weighted by Gasteiger charge is -2.35. The van der Waals surface area contributed by atoms with E-state index in [0.29, 0.717) is 29.0 Å². The Bertz CT molecular complexity index is 473. The number of thiocarbonyl (C=S) groups is 1. The SMILES string of the molecule is CC(C)[C@H]1CSC(=S)N1C(=O)[C@H](CCCCl)[C@@H]1CCCC(=O)N1. The van der Waals surface area contributed by atoms with Crippen LogP contribution in [0.15, 0.2) is 0 Å². The Balaban J connectivity index is 2.17. The molecule has 2 aliphatic rings. The molecule has 2 amide bonds. The zero-order valence-electron chi connectivity index (χ0n) is 13.7. The molecule has 0 spiro atoms. The van der Waals surface area contributed by atoms with Crippen molar-refractivity contribution >= 4 is 51.7 Å². The van der Waals surface area contributed by atoms with Gasteiger partial charge in [-0.05, 0) is 31.6 Å². The van der Waals surface area contributed by atoms with Crippen molar-refractivity contribution in [2.75, 3.05) is 11.6 Å². The Morgan fingerprint density at radius 1 is 1.52 bits per heavy atom. The third-order valence-electron chi connectivity index (χ3n) is 4.63. The van der Waals surface area contributed by atoms with Crippen LogP contribution in [0.5, 0.6) is 0 Å². The summed E-state index contributed by atoms with van der Waals surface area (Å²) in [6, 6.07) is 0.0611. The Labute approximate surface area is 153 Å². The number of carbonyl (C=O) groups excluding carboxylic acids is 2. The van der Waals surface area contributed by atoms with Gasteiger partial charge in [-0.15, -0.1) is 11.6 Å². The van der Waals surface area contributed by atoms with Crippen molar-refractivity contribution in [3.8, 4) is 0 Å². The molecule has 130 valence electrons. The number of halogens is 1. The van der Waals surface area contributed by atoms with Crippen LogP contribution in [-0.2, 0) is 9.59 Å². The zero-order chi connectivity index (χ0) is 17.0. The molecule has 4 nitrogen and oxygen atoms in total. The molecule has 2 fully saturated rings. The number of hydrogen-bond donors (Lipinski definition) is 1. The Hall–Kier alpha value is -0.330. The fourth-order valence-corrected chi connectivity index (χ4v) is 5.08. The summed E-state index contributed by atoms with van der Waals surface area (Å²) in [4.78, 5) is 26.8. The highest BCUT2D eigenvalue weighted by Gasteiger charge is 2.41. The molecule has 0 unspecified atom stereocenters. The average molecular weight is 377 g/mol. The van der Waals surface area contributed by atoms with Crippen molar-refractivity contribution < 1.29 is 9.59 Å². The maximum atomic E-state index is 13.2. The van der Waals surface area contributed by atoms with Gasteiger partial charge in [-0.2, -0.15) is 0 Å². The standard InChI is InChI=1S/C16H25ClN2O2S2/c1-10(2)13-9-23-16(22)19(13)15(21)11(5-4-8-17)12-6-3-7-14(20)18-12/h10-13H,3-9H2,1-2H3,(H,18,20)/t11-,12+,13-/m1/s1. The van der Waals surface area contributed by atoms with E-state index < -0.39 is 0 Å². The molecule has 0 saturated carbocycles. The second kappa shape index (κ2) is 8.67. The molecule has 0 aromatic heterocycles. The van der Waals surface area contributed by atoms with Gasteiger partial charge in [-0.3, -0.25) is 14.5 Å². The van der Waals surface area contributed by atoms with Crippen LogP contribution in [0.4, 0.5) is 0 Å². The number of hydrogen-bond acceptors (Lipinski definition) is 4. The van der Waals surface area contributed by atoms with Gasteiger partial charge in [0.05, 0.1) is 5.92 Å². The molecule has 2 heterocycles. The fourth-order valence-electron chi connectivity index (χ4n) is 3.29. The predicted octanol–water partition coefficient (Wildman–Crippen LogP) is 3.18. The van der Waals surface area contributed by atoms with Crippen LogP contribution in [0.3, 0.4) is 0 Å². The largest absolute Gasteiger partial charge is 0.353 e. The summed E-state index contributed by atoms with van der Waals surface area (Å²) in [7, 11) is 0. The minimum Gasteiger partial charge on any atom is -0.353 e. The van der Waals surface area contributed by atoms with Gasteiger partial charge in [0.15, 0.2) is 0 Å². The number of nitrogens with zero attached hydrogens (tertiary/aromatic N) is 1. The molecule has 0 aliphatic carbocycles. The normalized spacial score (nSPS) is 26.5. The van der Waals surface area contributed by atoms with Crippen LogP contribution >= 0.6 is 35.6 Å². The molecule has 7 heteroatoms. The van der Waals surface area contributed by atoms with E-state index in [2.05, 4.69) is 19.2 Å². The van der Waals surface area contributed by atoms with Crippen molar-refractivity contribution in [2.24, 2.45) is 11.8 Å². The molecule has 0 aromatic carbocycles. The quantitative estimate of drug-likeness (QED) is 0.571. The second-order valence-electron chi connectivity index (χ2n) is 6.60. The van der Waals surface area contributed by atoms with Gasteiger partial charge in [-0.1, -0.05) is 37.8 Å². The number of rotatable bonds is 6. The first-order valence-electron chi connectivity index (χ1n) is 8.30. The lowest BCUT2D eigenvalue weighted by molar-refractivity contribution is -0.135. The summed E-state index contributed by atoms with van der Waals surface area (Å²) >= 11 is 12.8. The number of thioether (sulfide) groups is 1. The molecule has 3 atom stereocenters. The van der Waals surface area contributed by atoms with Crippen LogP contribution in [0.2, 0.25) is 0 Å². The summed E-state index contributed by atoms with van der Waals surface area (Å²) in [6.07, 6.45) is 3.71. The third kappa shape index (κ3) is 4.60. The van der Waals surface area contributed by atoms with Crippen molar-refractivity contribution in [1.29, 1.82) is 0 Å². The molecule has 2 saturated heterocycles. The minimum absolute atomic E-state index is 0.0451. The number of nitrogens with one attached hydrogen (secondary N) is 1. The minimum atomic E-state index is -0.226. The first-order chi connectivity index (χ1) is 11.0.